The molecule has 2 aromatic rings. The van der Waals surface area contributed by atoms with Gasteiger partial charge in [-0.1, -0.05) is 19.8 Å². The molecule has 2 amide bonds. The van der Waals surface area contributed by atoms with Gasteiger partial charge in [0.05, 0.1) is 18.2 Å². The van der Waals surface area contributed by atoms with Crippen LogP contribution in [-0.4, -0.2) is 64.8 Å². The molecule has 0 atom stereocenters. The Labute approximate surface area is 232 Å². The number of alkyl halides is 3. The summed E-state index contributed by atoms with van der Waals surface area (Å²) in [6.07, 6.45) is 1.18. The smallest absolute Gasteiger partial charge is 0.435 e. The Morgan fingerprint density at radius 1 is 1.20 bits per heavy atom. The van der Waals surface area contributed by atoms with Gasteiger partial charge in [0.1, 0.15) is 5.75 Å². The van der Waals surface area contributed by atoms with Crippen molar-refractivity contribution < 1.29 is 37.4 Å². The Morgan fingerprint density at radius 3 is 2.33 bits per heavy atom. The first-order chi connectivity index (χ1) is 18.9. The zero-order valence-electron chi connectivity index (χ0n) is 23.5. The number of likely N-dealkylation sites (N-methyl/N-ethyl adjacent to an activating group) is 1. The lowest BCUT2D eigenvalue weighted by molar-refractivity contribution is -0.152. The molecule has 1 aromatic carbocycles. The highest BCUT2D eigenvalue weighted by atomic mass is 19.4. The van der Waals surface area contributed by atoms with Gasteiger partial charge >= 0.3 is 12.1 Å². The van der Waals surface area contributed by atoms with Crippen LogP contribution in [0.1, 0.15) is 69.3 Å². The predicted octanol–water partition coefficient (Wildman–Crippen LogP) is 4.56. The van der Waals surface area contributed by atoms with Crippen molar-refractivity contribution in [2.45, 2.75) is 71.9 Å². The first-order valence-electron chi connectivity index (χ1n) is 13.4. The van der Waals surface area contributed by atoms with E-state index >= 15 is 0 Å². The highest BCUT2D eigenvalue weighted by Gasteiger charge is 2.42. The van der Waals surface area contributed by atoms with Gasteiger partial charge in [0.2, 0.25) is 12.3 Å². The van der Waals surface area contributed by atoms with Gasteiger partial charge in [-0.15, -0.1) is 0 Å². The van der Waals surface area contributed by atoms with Crippen LogP contribution in [0.5, 0.6) is 5.75 Å². The number of benzene rings is 1. The van der Waals surface area contributed by atoms with E-state index in [1.165, 1.54) is 41.0 Å². The summed E-state index contributed by atoms with van der Waals surface area (Å²) in [7, 11) is 1.41. The zero-order valence-corrected chi connectivity index (χ0v) is 23.5. The fourth-order valence-corrected chi connectivity index (χ4v) is 4.75. The zero-order chi connectivity index (χ0) is 29.9. The minimum atomic E-state index is -4.58. The Balaban J connectivity index is 0.000000305. The first kappa shape index (κ1) is 32.6. The maximum Gasteiger partial charge on any atom is 0.435 e. The van der Waals surface area contributed by atoms with Crippen LogP contribution in [0.25, 0.3) is 5.69 Å². The number of nitrogens with zero attached hydrogens (tertiary/aromatic N) is 3. The SMILES string of the molecule is CCCC(=O)NCC1(C(=O)OC)CCCC1.CCN(C=O)CCc1c(C(F)(F)F)nn(-c2ccc(O)cc2)c1C. The van der Waals surface area contributed by atoms with Crippen LogP contribution in [0.15, 0.2) is 24.3 Å². The Kier molecular flexibility index (Phi) is 12.0. The van der Waals surface area contributed by atoms with Gasteiger partial charge in [-0.3, -0.25) is 14.4 Å². The number of amides is 2. The molecular weight excluding hydrogens is 529 g/mol. The molecule has 1 aromatic heterocycles. The summed E-state index contributed by atoms with van der Waals surface area (Å²) in [6, 6.07) is 5.75. The number of hydrogen-bond donors (Lipinski definition) is 2. The van der Waals surface area contributed by atoms with Crippen LogP contribution in [0.3, 0.4) is 0 Å². The van der Waals surface area contributed by atoms with E-state index in [2.05, 4.69) is 10.4 Å². The van der Waals surface area contributed by atoms with E-state index in [-0.39, 0.29) is 36.2 Å². The number of rotatable bonds is 11. The van der Waals surface area contributed by atoms with Gasteiger partial charge in [0.25, 0.3) is 0 Å². The van der Waals surface area contributed by atoms with Crippen LogP contribution in [0, 0.1) is 12.3 Å². The van der Waals surface area contributed by atoms with Crippen LogP contribution >= 0.6 is 0 Å². The number of esters is 1. The molecule has 0 saturated heterocycles. The largest absolute Gasteiger partial charge is 0.508 e. The number of carbonyl (C=O) groups excluding carboxylic acids is 3. The Bertz CT molecular complexity index is 1130. The summed E-state index contributed by atoms with van der Waals surface area (Å²) in [4.78, 5) is 35.4. The summed E-state index contributed by atoms with van der Waals surface area (Å²) >= 11 is 0. The Morgan fingerprint density at radius 2 is 1.82 bits per heavy atom. The van der Waals surface area contributed by atoms with E-state index in [0.717, 1.165) is 32.1 Å². The van der Waals surface area contributed by atoms with Crippen LogP contribution in [0.2, 0.25) is 0 Å². The molecule has 0 radical (unpaired) electrons. The fourth-order valence-electron chi connectivity index (χ4n) is 4.75. The minimum Gasteiger partial charge on any atom is -0.508 e. The number of phenols is 1. The molecule has 3 rings (SSSR count). The number of carbonyl (C=O) groups is 3. The molecule has 1 saturated carbocycles. The van der Waals surface area contributed by atoms with Gasteiger partial charge in [-0.2, -0.15) is 18.3 Å². The molecule has 0 bridgehead atoms. The van der Waals surface area contributed by atoms with Crippen molar-refractivity contribution in [2.24, 2.45) is 5.41 Å². The molecule has 0 spiro atoms. The number of phenolic OH excluding ortho intramolecular Hbond substituents is 1. The summed E-state index contributed by atoms with van der Waals surface area (Å²) in [5.74, 6) is -0.135. The third kappa shape index (κ3) is 8.46. The molecule has 2 N–H and O–H groups in total. The number of aromatic nitrogens is 2. The number of nitrogens with one attached hydrogen (secondary N) is 1. The molecule has 1 heterocycles. The summed E-state index contributed by atoms with van der Waals surface area (Å²) in [5, 5.41) is 15.9. The van der Waals surface area contributed by atoms with Crippen LogP contribution in [0.4, 0.5) is 13.2 Å². The second-order valence-corrected chi connectivity index (χ2v) is 9.83. The maximum atomic E-state index is 13.3. The molecule has 0 unspecified atom stereocenters. The third-order valence-electron chi connectivity index (χ3n) is 7.09. The third-order valence-corrected chi connectivity index (χ3v) is 7.09. The molecule has 1 fully saturated rings. The van der Waals surface area contributed by atoms with Gasteiger partial charge in [0.15, 0.2) is 5.69 Å². The average Bonchev–Trinajstić information content (AvgIpc) is 3.54. The number of ether oxygens (including phenoxy) is 1. The van der Waals surface area contributed by atoms with E-state index in [1.54, 1.807) is 13.8 Å². The van der Waals surface area contributed by atoms with Crippen molar-refractivity contribution >= 4 is 18.3 Å². The average molecular weight is 569 g/mol. The summed E-state index contributed by atoms with van der Waals surface area (Å²) in [5.41, 5.74) is -0.566. The van der Waals surface area contributed by atoms with Crippen molar-refractivity contribution in [2.75, 3.05) is 26.7 Å². The van der Waals surface area contributed by atoms with Gasteiger partial charge in [-0.25, -0.2) is 4.68 Å². The number of halogens is 3. The molecule has 1 aliphatic rings. The quantitative estimate of drug-likeness (QED) is 0.304. The van der Waals surface area contributed by atoms with E-state index in [0.29, 0.717) is 37.3 Å². The molecule has 12 heteroatoms. The van der Waals surface area contributed by atoms with E-state index in [9.17, 15) is 32.7 Å². The molecule has 40 heavy (non-hydrogen) atoms. The summed E-state index contributed by atoms with van der Waals surface area (Å²) < 4.78 is 46.0. The fraction of sp³-hybridized carbons (Fsp3) is 0.571. The van der Waals surface area contributed by atoms with Crippen molar-refractivity contribution in [1.29, 1.82) is 0 Å². The van der Waals surface area contributed by atoms with E-state index in [1.807, 2.05) is 6.92 Å². The van der Waals surface area contributed by atoms with Gasteiger partial charge in [-0.05, 0) is 63.8 Å². The summed E-state index contributed by atoms with van der Waals surface area (Å²) in [6.45, 7) is 6.32. The molecule has 222 valence electrons. The van der Waals surface area contributed by atoms with Crippen molar-refractivity contribution in [3.05, 3.63) is 41.2 Å². The lowest BCUT2D eigenvalue weighted by Crippen LogP contribution is -2.41. The van der Waals surface area contributed by atoms with E-state index in [4.69, 9.17) is 4.74 Å². The lowest BCUT2D eigenvalue weighted by Gasteiger charge is -2.25. The number of hydrogen-bond acceptors (Lipinski definition) is 6. The molecule has 0 aliphatic heterocycles. The van der Waals surface area contributed by atoms with Crippen molar-refractivity contribution in [3.8, 4) is 11.4 Å². The normalized spacial score (nSPS) is 14.2. The van der Waals surface area contributed by atoms with Crippen LogP contribution < -0.4 is 5.32 Å². The van der Waals surface area contributed by atoms with Crippen LogP contribution in [-0.2, 0) is 31.7 Å². The van der Waals surface area contributed by atoms with Gasteiger partial charge < -0.3 is 20.1 Å². The standard InChI is InChI=1S/C16H18F3N3O2.C12H21NO3/c1-3-21(10-23)9-8-14-11(2)22(20-15(14)16(17,18)19)12-4-6-13(24)7-5-12;1-3-6-10(14)13-9-12(11(15)16-2)7-4-5-8-12/h4-7,10,24H,3,8-9H2,1-2H3;3-9H2,1-2H3,(H,13,14). The Hall–Kier alpha value is -3.57. The monoisotopic (exact) mass is 568 g/mol. The number of methoxy groups -OCH3 is 1. The van der Waals surface area contributed by atoms with Gasteiger partial charge in [0, 0.05) is 37.3 Å². The predicted molar refractivity (Wildman–Crippen MR) is 143 cm³/mol. The molecular formula is C28H39F3N4O5. The van der Waals surface area contributed by atoms with Crippen molar-refractivity contribution in [1.82, 2.24) is 20.0 Å². The first-order valence-corrected chi connectivity index (χ1v) is 13.4. The molecule has 9 nitrogen and oxygen atoms in total. The van der Waals surface area contributed by atoms with Crippen molar-refractivity contribution in [3.63, 3.8) is 0 Å². The maximum absolute atomic E-state index is 13.3. The second-order valence-electron chi connectivity index (χ2n) is 9.83. The highest BCUT2D eigenvalue weighted by molar-refractivity contribution is 5.80. The lowest BCUT2D eigenvalue weighted by atomic mass is 9.86. The minimum absolute atomic E-state index is 0.0180. The second kappa shape index (κ2) is 14.7. The van der Waals surface area contributed by atoms with E-state index < -0.39 is 17.3 Å². The topological polar surface area (TPSA) is 114 Å². The molecule has 1 aliphatic carbocycles. The highest BCUT2D eigenvalue weighted by Crippen LogP contribution is 2.38. The number of aromatic hydroxyl groups is 1.